The first-order chi connectivity index (χ1) is 10.5. The molecule has 0 saturated heterocycles. The Bertz CT molecular complexity index is 610. The summed E-state index contributed by atoms with van der Waals surface area (Å²) < 4.78 is 8.03. The van der Waals surface area contributed by atoms with Crippen LogP contribution in [0, 0.1) is 7.14 Å². The summed E-state index contributed by atoms with van der Waals surface area (Å²) in [5.41, 5.74) is 12.7. The van der Waals surface area contributed by atoms with E-state index in [1.165, 1.54) is 5.56 Å². The molecule has 5 N–H and O–H groups in total. The molecule has 0 aliphatic carbocycles. The van der Waals surface area contributed by atoms with Crippen LogP contribution in [0.1, 0.15) is 12.0 Å². The molecule has 2 aromatic rings. The van der Waals surface area contributed by atoms with Gasteiger partial charge >= 0.3 is 0 Å². The van der Waals surface area contributed by atoms with Crippen molar-refractivity contribution in [2.24, 2.45) is 11.5 Å². The molecule has 22 heavy (non-hydrogen) atoms. The van der Waals surface area contributed by atoms with Gasteiger partial charge in [-0.15, -0.1) is 0 Å². The summed E-state index contributed by atoms with van der Waals surface area (Å²) in [5, 5.41) is 9.31. The first-order valence-electron chi connectivity index (χ1n) is 6.90. The Labute approximate surface area is 157 Å². The first-order valence-corrected chi connectivity index (χ1v) is 9.06. The van der Waals surface area contributed by atoms with Crippen molar-refractivity contribution in [1.29, 1.82) is 0 Å². The van der Waals surface area contributed by atoms with Crippen LogP contribution in [-0.2, 0) is 6.42 Å². The predicted octanol–water partition coefficient (Wildman–Crippen LogP) is 3.61. The van der Waals surface area contributed by atoms with Gasteiger partial charge in [0.15, 0.2) is 5.75 Å². The number of phenolic OH excluding ortho intramolecular Hbond substituents is 1. The molecule has 1 unspecified atom stereocenters. The maximum Gasteiger partial charge on any atom is 0.154 e. The standard InChI is InChI=1S/C16H18I2N2O2/c17-14-7-10(1-2-11(20)9-19)8-15(18)16(14)22-13-5-3-12(21)4-6-13/h3-8,11,21H,1-2,9,19-20H2. The van der Waals surface area contributed by atoms with E-state index in [9.17, 15) is 5.11 Å². The summed E-state index contributed by atoms with van der Waals surface area (Å²) in [6, 6.07) is 11.0. The summed E-state index contributed by atoms with van der Waals surface area (Å²) in [4.78, 5) is 0. The molecule has 0 amide bonds. The Morgan fingerprint density at radius 2 is 1.68 bits per heavy atom. The Kier molecular flexibility index (Phi) is 6.72. The minimum absolute atomic E-state index is 0.0447. The fourth-order valence-corrected chi connectivity index (χ4v) is 4.07. The average molecular weight is 524 g/mol. The molecule has 118 valence electrons. The second-order valence-corrected chi connectivity index (χ2v) is 7.34. The van der Waals surface area contributed by atoms with E-state index in [2.05, 4.69) is 57.3 Å². The maximum atomic E-state index is 9.31. The van der Waals surface area contributed by atoms with Gasteiger partial charge in [0.2, 0.25) is 0 Å². The fraction of sp³-hybridized carbons (Fsp3) is 0.250. The molecule has 1 atom stereocenters. The number of ether oxygens (including phenoxy) is 1. The van der Waals surface area contributed by atoms with Gasteiger partial charge in [-0.2, -0.15) is 0 Å². The van der Waals surface area contributed by atoms with E-state index in [4.69, 9.17) is 16.2 Å². The molecule has 0 bridgehead atoms. The molecule has 0 heterocycles. The van der Waals surface area contributed by atoms with Gasteiger partial charge in [-0.3, -0.25) is 0 Å². The Hall–Kier alpha value is -0.580. The number of phenols is 1. The highest BCUT2D eigenvalue weighted by Crippen LogP contribution is 2.33. The third kappa shape index (κ3) is 4.97. The number of benzene rings is 2. The highest BCUT2D eigenvalue weighted by atomic mass is 127. The van der Waals surface area contributed by atoms with E-state index in [1.54, 1.807) is 24.3 Å². The van der Waals surface area contributed by atoms with Crippen molar-refractivity contribution in [2.75, 3.05) is 6.54 Å². The van der Waals surface area contributed by atoms with Crippen molar-refractivity contribution in [3.63, 3.8) is 0 Å². The molecule has 4 nitrogen and oxygen atoms in total. The molecule has 6 heteroatoms. The zero-order valence-corrected chi connectivity index (χ0v) is 16.2. The Morgan fingerprint density at radius 1 is 1.09 bits per heavy atom. The third-order valence-electron chi connectivity index (χ3n) is 3.22. The first kappa shape index (κ1) is 17.8. The van der Waals surface area contributed by atoms with Crippen LogP contribution in [0.15, 0.2) is 36.4 Å². The smallest absolute Gasteiger partial charge is 0.154 e. The van der Waals surface area contributed by atoms with Crippen molar-refractivity contribution >= 4 is 45.2 Å². The highest BCUT2D eigenvalue weighted by Gasteiger charge is 2.11. The molecule has 0 aromatic heterocycles. The van der Waals surface area contributed by atoms with Gasteiger partial charge in [0.05, 0.1) is 7.14 Å². The average Bonchev–Trinajstić information content (AvgIpc) is 2.50. The number of hydrogen-bond donors (Lipinski definition) is 3. The normalized spacial score (nSPS) is 12.2. The Balaban J connectivity index is 2.14. The zero-order chi connectivity index (χ0) is 16.1. The largest absolute Gasteiger partial charge is 0.508 e. The number of nitrogens with two attached hydrogens (primary N) is 2. The maximum absolute atomic E-state index is 9.31. The minimum atomic E-state index is 0.0447. The third-order valence-corrected chi connectivity index (χ3v) is 4.82. The van der Waals surface area contributed by atoms with E-state index in [0.29, 0.717) is 12.3 Å². The number of rotatable bonds is 6. The second-order valence-electron chi connectivity index (χ2n) is 5.02. The van der Waals surface area contributed by atoms with Crippen LogP contribution in [0.3, 0.4) is 0 Å². The van der Waals surface area contributed by atoms with Crippen LogP contribution in [0.5, 0.6) is 17.2 Å². The number of halogens is 2. The van der Waals surface area contributed by atoms with Crippen molar-refractivity contribution in [3.05, 3.63) is 49.1 Å². The lowest BCUT2D eigenvalue weighted by atomic mass is 10.1. The van der Waals surface area contributed by atoms with Gasteiger partial charge in [-0.05, 0) is 100.0 Å². The quantitative estimate of drug-likeness (QED) is 0.505. The topological polar surface area (TPSA) is 81.5 Å². The summed E-state index contributed by atoms with van der Waals surface area (Å²) in [6.07, 6.45) is 1.78. The molecule has 0 spiro atoms. The van der Waals surface area contributed by atoms with E-state index in [-0.39, 0.29) is 11.8 Å². The van der Waals surface area contributed by atoms with Crippen LogP contribution in [0.25, 0.3) is 0 Å². The minimum Gasteiger partial charge on any atom is -0.508 e. The van der Waals surface area contributed by atoms with Gasteiger partial charge in [-0.25, -0.2) is 0 Å². The second kappa shape index (κ2) is 8.32. The van der Waals surface area contributed by atoms with Crippen LogP contribution < -0.4 is 16.2 Å². The van der Waals surface area contributed by atoms with E-state index in [0.717, 1.165) is 25.7 Å². The molecule has 0 saturated carbocycles. The fourth-order valence-electron chi connectivity index (χ4n) is 1.96. The highest BCUT2D eigenvalue weighted by molar-refractivity contribution is 14.1. The van der Waals surface area contributed by atoms with Crippen LogP contribution in [-0.4, -0.2) is 17.7 Å². The van der Waals surface area contributed by atoms with Gasteiger partial charge in [-0.1, -0.05) is 0 Å². The summed E-state index contributed by atoms with van der Waals surface area (Å²) in [5.74, 6) is 1.76. The van der Waals surface area contributed by atoms with Gasteiger partial charge in [0.25, 0.3) is 0 Å². The molecular weight excluding hydrogens is 506 g/mol. The molecule has 2 aromatic carbocycles. The van der Waals surface area contributed by atoms with Gasteiger partial charge in [0, 0.05) is 12.6 Å². The SMILES string of the molecule is NCC(N)CCc1cc(I)c(Oc2ccc(O)cc2)c(I)c1. The number of aromatic hydroxyl groups is 1. The van der Waals surface area contributed by atoms with E-state index >= 15 is 0 Å². The number of aryl methyl sites for hydroxylation is 1. The molecule has 0 aliphatic heterocycles. The van der Waals surface area contributed by atoms with Crippen molar-refractivity contribution < 1.29 is 9.84 Å². The van der Waals surface area contributed by atoms with Crippen LogP contribution in [0.2, 0.25) is 0 Å². The van der Waals surface area contributed by atoms with Crippen LogP contribution >= 0.6 is 45.2 Å². The lowest BCUT2D eigenvalue weighted by molar-refractivity contribution is 0.461. The van der Waals surface area contributed by atoms with E-state index < -0.39 is 0 Å². The molecule has 0 aliphatic rings. The lowest BCUT2D eigenvalue weighted by Crippen LogP contribution is -2.29. The lowest BCUT2D eigenvalue weighted by Gasteiger charge is -2.13. The van der Waals surface area contributed by atoms with Crippen molar-refractivity contribution in [3.8, 4) is 17.2 Å². The Morgan fingerprint density at radius 3 is 2.23 bits per heavy atom. The van der Waals surface area contributed by atoms with Gasteiger partial charge < -0.3 is 21.3 Å². The summed E-state index contributed by atoms with van der Waals surface area (Å²) in [7, 11) is 0. The molecular formula is C16H18I2N2O2. The van der Waals surface area contributed by atoms with Crippen molar-refractivity contribution in [1.82, 2.24) is 0 Å². The molecule has 0 fully saturated rings. The van der Waals surface area contributed by atoms with E-state index in [1.807, 2.05) is 0 Å². The zero-order valence-electron chi connectivity index (χ0n) is 11.9. The summed E-state index contributed by atoms with van der Waals surface area (Å²) in [6.45, 7) is 0.510. The van der Waals surface area contributed by atoms with Crippen molar-refractivity contribution in [2.45, 2.75) is 18.9 Å². The van der Waals surface area contributed by atoms with Gasteiger partial charge in [0.1, 0.15) is 11.5 Å². The monoisotopic (exact) mass is 524 g/mol. The molecule has 2 rings (SSSR count). The molecule has 0 radical (unpaired) electrons. The predicted molar refractivity (Wildman–Crippen MR) is 105 cm³/mol. The number of hydrogen-bond acceptors (Lipinski definition) is 4. The summed E-state index contributed by atoms with van der Waals surface area (Å²) >= 11 is 4.55. The van der Waals surface area contributed by atoms with Crippen LogP contribution in [0.4, 0.5) is 0 Å².